The number of benzene rings is 1. The van der Waals surface area contributed by atoms with E-state index in [9.17, 15) is 0 Å². The highest BCUT2D eigenvalue weighted by Crippen LogP contribution is 2.34. The van der Waals surface area contributed by atoms with Crippen molar-refractivity contribution in [1.29, 1.82) is 0 Å². The van der Waals surface area contributed by atoms with Crippen molar-refractivity contribution in [3.05, 3.63) is 40.2 Å². The Labute approximate surface area is 119 Å². The van der Waals surface area contributed by atoms with Gasteiger partial charge in [0.2, 0.25) is 0 Å². The van der Waals surface area contributed by atoms with Crippen LogP contribution in [0.3, 0.4) is 0 Å². The molecule has 0 aliphatic rings. The first-order valence-electron chi connectivity index (χ1n) is 6.43. The Balaban J connectivity index is 2.61. The van der Waals surface area contributed by atoms with Gasteiger partial charge in [0.05, 0.1) is 5.69 Å². The van der Waals surface area contributed by atoms with E-state index in [-0.39, 0.29) is 0 Å². The van der Waals surface area contributed by atoms with Crippen molar-refractivity contribution in [3.8, 4) is 11.1 Å². The number of halogens is 1. The summed E-state index contributed by atoms with van der Waals surface area (Å²) in [6.07, 6.45) is 0. The van der Waals surface area contributed by atoms with E-state index >= 15 is 0 Å². The summed E-state index contributed by atoms with van der Waals surface area (Å²) in [5.74, 6) is 0. The fourth-order valence-electron chi connectivity index (χ4n) is 2.33. The van der Waals surface area contributed by atoms with Gasteiger partial charge in [-0.1, -0.05) is 17.7 Å². The van der Waals surface area contributed by atoms with Crippen LogP contribution in [-0.2, 0) is 7.05 Å². The molecule has 2 rings (SSSR count). The molecule has 0 bridgehead atoms. The normalized spacial score (nSPS) is 12.7. The maximum Gasteiger partial charge on any atom is 0.0675 e. The lowest BCUT2D eigenvalue weighted by molar-refractivity contribution is 0.652. The van der Waals surface area contributed by atoms with Crippen LogP contribution in [-0.4, -0.2) is 16.8 Å². The minimum absolute atomic E-state index is 0.299. The number of rotatable bonds is 3. The summed E-state index contributed by atoms with van der Waals surface area (Å²) in [6, 6.07) is 6.48. The van der Waals surface area contributed by atoms with E-state index in [1.165, 1.54) is 5.56 Å². The summed E-state index contributed by atoms with van der Waals surface area (Å²) in [4.78, 5) is 0. The molecule has 0 saturated carbocycles. The van der Waals surface area contributed by atoms with Gasteiger partial charge in [-0.25, -0.2) is 0 Å². The molecule has 1 unspecified atom stereocenters. The van der Waals surface area contributed by atoms with Crippen LogP contribution in [0.4, 0.5) is 0 Å². The van der Waals surface area contributed by atoms with Gasteiger partial charge in [0, 0.05) is 34.9 Å². The Bertz CT molecular complexity index is 602. The van der Waals surface area contributed by atoms with Crippen molar-refractivity contribution in [2.24, 2.45) is 7.05 Å². The lowest BCUT2D eigenvalue weighted by atomic mass is 9.99. The molecule has 1 aromatic heterocycles. The molecule has 19 heavy (non-hydrogen) atoms. The number of aryl methyl sites for hydroxylation is 2. The maximum absolute atomic E-state index is 6.37. The van der Waals surface area contributed by atoms with Crippen LogP contribution in [0.5, 0.6) is 0 Å². The molecular formula is C15H20ClN3. The van der Waals surface area contributed by atoms with Crippen LogP contribution >= 0.6 is 11.6 Å². The zero-order valence-electron chi connectivity index (χ0n) is 12.1. The van der Waals surface area contributed by atoms with E-state index in [1.54, 1.807) is 0 Å². The van der Waals surface area contributed by atoms with E-state index in [4.69, 9.17) is 11.6 Å². The molecule has 1 heterocycles. The molecule has 0 radical (unpaired) electrons. The third-order valence-electron chi connectivity index (χ3n) is 3.70. The van der Waals surface area contributed by atoms with Crippen LogP contribution in [0.2, 0.25) is 5.02 Å². The summed E-state index contributed by atoms with van der Waals surface area (Å²) in [7, 11) is 3.92. The first kappa shape index (κ1) is 14.1. The summed E-state index contributed by atoms with van der Waals surface area (Å²) in [6.45, 7) is 6.22. The average Bonchev–Trinajstić information content (AvgIpc) is 2.63. The SMILES string of the molecule is CNC(C)c1ccc(Cl)c(-c2c(C)nn(C)c2C)c1. The highest BCUT2D eigenvalue weighted by atomic mass is 35.5. The summed E-state index contributed by atoms with van der Waals surface area (Å²) in [5.41, 5.74) is 5.57. The Morgan fingerprint density at radius 3 is 2.53 bits per heavy atom. The number of nitrogens with zero attached hydrogens (tertiary/aromatic N) is 2. The standard InChI is InChI=1S/C15H20ClN3/c1-9(17-4)12-6-7-14(16)13(8-12)15-10(2)18-19(5)11(15)3/h6-9,17H,1-5H3. The zero-order chi connectivity index (χ0) is 14.2. The van der Waals surface area contributed by atoms with Crippen LogP contribution in [0.15, 0.2) is 18.2 Å². The minimum Gasteiger partial charge on any atom is -0.313 e. The predicted molar refractivity (Wildman–Crippen MR) is 80.6 cm³/mol. The van der Waals surface area contributed by atoms with Crippen LogP contribution in [0.1, 0.15) is 29.9 Å². The number of aromatic nitrogens is 2. The van der Waals surface area contributed by atoms with Gasteiger partial charge in [0.25, 0.3) is 0 Å². The highest BCUT2D eigenvalue weighted by Gasteiger charge is 2.16. The number of hydrogen-bond acceptors (Lipinski definition) is 2. The monoisotopic (exact) mass is 277 g/mol. The fourth-order valence-corrected chi connectivity index (χ4v) is 2.55. The fraction of sp³-hybridized carbons (Fsp3) is 0.400. The molecule has 0 amide bonds. The molecule has 102 valence electrons. The zero-order valence-corrected chi connectivity index (χ0v) is 12.8. The second kappa shape index (κ2) is 5.35. The van der Waals surface area contributed by atoms with Gasteiger partial charge < -0.3 is 5.32 Å². The highest BCUT2D eigenvalue weighted by molar-refractivity contribution is 6.33. The van der Waals surface area contributed by atoms with Crippen molar-refractivity contribution in [2.75, 3.05) is 7.05 Å². The third kappa shape index (κ3) is 2.53. The third-order valence-corrected chi connectivity index (χ3v) is 4.03. The van der Waals surface area contributed by atoms with Crippen molar-refractivity contribution >= 4 is 11.6 Å². The van der Waals surface area contributed by atoms with E-state index in [0.717, 1.165) is 27.5 Å². The Kier molecular flexibility index (Phi) is 3.97. The minimum atomic E-state index is 0.299. The smallest absolute Gasteiger partial charge is 0.0675 e. The first-order valence-corrected chi connectivity index (χ1v) is 6.80. The molecule has 1 N–H and O–H groups in total. The Morgan fingerprint density at radius 2 is 2.00 bits per heavy atom. The lowest BCUT2D eigenvalue weighted by Crippen LogP contribution is -2.12. The van der Waals surface area contributed by atoms with Crippen molar-refractivity contribution in [1.82, 2.24) is 15.1 Å². The Hall–Kier alpha value is -1.32. The molecule has 0 aliphatic carbocycles. The molecule has 1 atom stereocenters. The van der Waals surface area contributed by atoms with Gasteiger partial charge >= 0.3 is 0 Å². The molecule has 2 aromatic rings. The number of nitrogens with one attached hydrogen (secondary N) is 1. The first-order chi connectivity index (χ1) is 8.95. The molecule has 4 heteroatoms. The summed E-state index contributed by atoms with van der Waals surface area (Å²) in [5, 5.41) is 8.48. The molecule has 1 aromatic carbocycles. The second-order valence-corrected chi connectivity index (χ2v) is 5.33. The molecule has 0 saturated heterocycles. The van der Waals surface area contributed by atoms with Crippen LogP contribution in [0, 0.1) is 13.8 Å². The second-order valence-electron chi connectivity index (χ2n) is 4.92. The molecule has 0 aliphatic heterocycles. The number of hydrogen-bond donors (Lipinski definition) is 1. The van der Waals surface area contributed by atoms with E-state index in [1.807, 2.05) is 31.8 Å². The molecule has 0 spiro atoms. The molecule has 3 nitrogen and oxygen atoms in total. The topological polar surface area (TPSA) is 29.9 Å². The average molecular weight is 278 g/mol. The van der Waals surface area contributed by atoms with Gasteiger partial charge in [0.15, 0.2) is 0 Å². The predicted octanol–water partition coefficient (Wildman–Crippen LogP) is 3.64. The molecular weight excluding hydrogens is 258 g/mol. The molecule has 0 fully saturated rings. The van der Waals surface area contributed by atoms with E-state index in [2.05, 4.69) is 36.4 Å². The van der Waals surface area contributed by atoms with Gasteiger partial charge in [-0.2, -0.15) is 5.10 Å². The largest absolute Gasteiger partial charge is 0.313 e. The van der Waals surface area contributed by atoms with E-state index < -0.39 is 0 Å². The lowest BCUT2D eigenvalue weighted by Gasteiger charge is -2.13. The van der Waals surface area contributed by atoms with Gasteiger partial charge in [0.1, 0.15) is 0 Å². The summed E-state index contributed by atoms with van der Waals surface area (Å²) < 4.78 is 1.90. The van der Waals surface area contributed by atoms with E-state index in [0.29, 0.717) is 6.04 Å². The van der Waals surface area contributed by atoms with Crippen LogP contribution in [0.25, 0.3) is 11.1 Å². The Morgan fingerprint density at radius 1 is 1.32 bits per heavy atom. The summed E-state index contributed by atoms with van der Waals surface area (Å²) >= 11 is 6.37. The quantitative estimate of drug-likeness (QED) is 0.928. The van der Waals surface area contributed by atoms with Gasteiger partial charge in [-0.3, -0.25) is 4.68 Å². The van der Waals surface area contributed by atoms with Crippen molar-refractivity contribution in [2.45, 2.75) is 26.8 Å². The van der Waals surface area contributed by atoms with Crippen LogP contribution < -0.4 is 5.32 Å². The maximum atomic E-state index is 6.37. The van der Waals surface area contributed by atoms with Crippen molar-refractivity contribution in [3.63, 3.8) is 0 Å². The van der Waals surface area contributed by atoms with Crippen molar-refractivity contribution < 1.29 is 0 Å². The van der Waals surface area contributed by atoms with Gasteiger partial charge in [-0.15, -0.1) is 0 Å². The van der Waals surface area contributed by atoms with Gasteiger partial charge in [-0.05, 0) is 45.5 Å².